The van der Waals surface area contributed by atoms with Crippen molar-refractivity contribution in [2.24, 2.45) is 0 Å². The van der Waals surface area contributed by atoms with Crippen molar-refractivity contribution in [2.75, 3.05) is 0 Å². The number of pyridine rings is 1. The summed E-state index contributed by atoms with van der Waals surface area (Å²) in [6.45, 7) is 0. The van der Waals surface area contributed by atoms with Gasteiger partial charge in [0.1, 0.15) is 0 Å². The van der Waals surface area contributed by atoms with Gasteiger partial charge in [-0.3, -0.25) is 0 Å². The third-order valence-corrected chi connectivity index (χ3v) is 1.69. The van der Waals surface area contributed by atoms with Gasteiger partial charge in [-0.2, -0.15) is 13.2 Å². The van der Waals surface area contributed by atoms with Crippen LogP contribution in [0, 0.1) is 10.1 Å². The fraction of sp³-hybridized carbons (Fsp3) is 0.286. The largest absolute Gasteiger partial charge is 0.501 e. The second kappa shape index (κ2) is 4.11. The Morgan fingerprint density at radius 1 is 1.41 bits per heavy atom. The Hall–Kier alpha value is -2.00. The van der Waals surface area contributed by atoms with Crippen LogP contribution in [0.4, 0.5) is 27.8 Å². The molecule has 0 bridgehead atoms. The monoisotopic (exact) mass is 258 g/mol. The van der Waals surface area contributed by atoms with Gasteiger partial charge < -0.3 is 15.2 Å². The van der Waals surface area contributed by atoms with E-state index in [1.165, 1.54) is 0 Å². The van der Waals surface area contributed by atoms with Crippen molar-refractivity contribution in [2.45, 2.75) is 12.6 Å². The highest BCUT2D eigenvalue weighted by molar-refractivity contribution is 5.44. The molecule has 1 aromatic heterocycles. The summed E-state index contributed by atoms with van der Waals surface area (Å²) in [4.78, 5) is 11.2. The zero-order valence-electron chi connectivity index (χ0n) is 7.70. The van der Waals surface area contributed by atoms with E-state index < -0.39 is 40.3 Å². The normalized spacial score (nSPS) is 11.9. The molecule has 1 N–H and O–H groups in total. The smallest absolute Gasteiger partial charge is 0.458 e. The average molecular weight is 258 g/mol. The molecule has 5 nitrogen and oxygen atoms in total. The van der Waals surface area contributed by atoms with Crippen molar-refractivity contribution in [3.63, 3.8) is 0 Å². The molecule has 0 amide bonds. The van der Waals surface area contributed by atoms with Gasteiger partial charge in [0.05, 0.1) is 5.56 Å². The number of halogens is 5. The van der Waals surface area contributed by atoms with Gasteiger partial charge in [-0.1, -0.05) is 0 Å². The van der Waals surface area contributed by atoms with E-state index in [9.17, 15) is 32.1 Å². The second-order valence-corrected chi connectivity index (χ2v) is 2.82. The minimum atomic E-state index is -5.27. The van der Waals surface area contributed by atoms with Gasteiger partial charge in [0.2, 0.25) is 5.75 Å². The first kappa shape index (κ1) is 13.1. The Bertz CT molecular complexity index is 460. The summed E-state index contributed by atoms with van der Waals surface area (Å²) in [5, 5.41) is 19.1. The molecular weight excluding hydrogens is 255 g/mol. The lowest BCUT2D eigenvalue weighted by atomic mass is 10.2. The second-order valence-electron chi connectivity index (χ2n) is 2.82. The number of nitro groups is 1. The lowest BCUT2D eigenvalue weighted by Crippen LogP contribution is -2.13. The van der Waals surface area contributed by atoms with Gasteiger partial charge in [-0.15, -0.1) is 0 Å². The van der Waals surface area contributed by atoms with Crippen LogP contribution in [-0.2, 0) is 6.18 Å². The van der Waals surface area contributed by atoms with Gasteiger partial charge in [-0.05, 0) is 9.91 Å². The van der Waals surface area contributed by atoms with Crippen LogP contribution in [0.2, 0.25) is 0 Å². The van der Waals surface area contributed by atoms with Crippen molar-refractivity contribution in [1.29, 1.82) is 0 Å². The summed E-state index contributed by atoms with van der Waals surface area (Å²) in [7, 11) is 0. The van der Waals surface area contributed by atoms with E-state index >= 15 is 0 Å². The summed E-state index contributed by atoms with van der Waals surface area (Å²) in [5.41, 5.74) is -3.70. The molecule has 0 spiro atoms. The highest BCUT2D eigenvalue weighted by Gasteiger charge is 2.44. The quantitative estimate of drug-likeness (QED) is 0.502. The van der Waals surface area contributed by atoms with Crippen LogP contribution in [0.25, 0.3) is 0 Å². The number of nitrogens with zero attached hydrogens (tertiary/aromatic N) is 2. The van der Waals surface area contributed by atoms with Crippen LogP contribution < -0.4 is 0 Å². The molecule has 0 aliphatic heterocycles. The fourth-order valence-electron chi connectivity index (χ4n) is 1.04. The van der Waals surface area contributed by atoms with Crippen molar-refractivity contribution < 1.29 is 32.0 Å². The predicted molar refractivity (Wildman–Crippen MR) is 42.5 cm³/mol. The maximum absolute atomic E-state index is 12.3. The molecule has 1 heterocycles. The summed E-state index contributed by atoms with van der Waals surface area (Å²) < 4.78 is 61.4. The number of aromatic hydroxyl groups is 1. The van der Waals surface area contributed by atoms with Crippen molar-refractivity contribution in [3.8, 4) is 5.75 Å². The van der Waals surface area contributed by atoms with Gasteiger partial charge in [0, 0.05) is 6.07 Å². The Morgan fingerprint density at radius 2 is 1.94 bits per heavy atom. The van der Waals surface area contributed by atoms with Crippen LogP contribution in [0.3, 0.4) is 0 Å². The number of aromatic nitrogens is 1. The zero-order valence-corrected chi connectivity index (χ0v) is 7.70. The summed E-state index contributed by atoms with van der Waals surface area (Å²) in [6.07, 6.45) is -8.84. The van der Waals surface area contributed by atoms with Gasteiger partial charge in [0.25, 0.3) is 12.1 Å². The number of rotatable bonds is 2. The lowest BCUT2D eigenvalue weighted by molar-refractivity contribution is -0.391. The van der Waals surface area contributed by atoms with E-state index in [1.807, 2.05) is 0 Å². The van der Waals surface area contributed by atoms with Crippen LogP contribution in [-0.4, -0.2) is 15.0 Å². The Kier molecular flexibility index (Phi) is 3.16. The molecule has 0 radical (unpaired) electrons. The summed E-state index contributed by atoms with van der Waals surface area (Å²) in [6, 6.07) is -0.0153. The standard InChI is InChI=1S/C7H3F5N2O3/c8-5(9)2-1-3(15)6(14(16)17)13-4(2)7(10,11)12/h1,5,15H. The zero-order chi connectivity index (χ0) is 13.4. The first-order chi connectivity index (χ1) is 7.64. The lowest BCUT2D eigenvalue weighted by Gasteiger charge is -2.08. The molecule has 0 aliphatic carbocycles. The molecule has 17 heavy (non-hydrogen) atoms. The molecular formula is C7H3F5N2O3. The maximum atomic E-state index is 12.3. The van der Waals surface area contributed by atoms with Gasteiger partial charge in [0.15, 0.2) is 0 Å². The predicted octanol–water partition coefficient (Wildman–Crippen LogP) is 2.65. The molecule has 0 saturated heterocycles. The fourth-order valence-corrected chi connectivity index (χ4v) is 1.04. The topological polar surface area (TPSA) is 76.3 Å². The van der Waals surface area contributed by atoms with Crippen LogP contribution in [0.15, 0.2) is 6.07 Å². The molecule has 1 aromatic rings. The van der Waals surface area contributed by atoms with Crippen molar-refractivity contribution >= 4 is 5.82 Å². The Balaban J connectivity index is 3.54. The first-order valence-corrected chi connectivity index (χ1v) is 3.88. The summed E-state index contributed by atoms with van der Waals surface area (Å²) >= 11 is 0. The molecule has 0 aromatic carbocycles. The summed E-state index contributed by atoms with van der Waals surface area (Å²) in [5.74, 6) is -2.87. The molecule has 94 valence electrons. The maximum Gasteiger partial charge on any atom is 0.458 e. The van der Waals surface area contributed by atoms with Crippen molar-refractivity contribution in [3.05, 3.63) is 27.4 Å². The molecule has 10 heteroatoms. The molecule has 0 saturated carbocycles. The van der Waals surface area contributed by atoms with Crippen molar-refractivity contribution in [1.82, 2.24) is 4.98 Å². The van der Waals surface area contributed by atoms with Crippen LogP contribution in [0.5, 0.6) is 5.75 Å². The number of hydrogen-bond acceptors (Lipinski definition) is 4. The minimum Gasteiger partial charge on any atom is -0.501 e. The van der Waals surface area contributed by atoms with E-state index in [4.69, 9.17) is 5.11 Å². The van der Waals surface area contributed by atoms with Crippen LogP contribution >= 0.6 is 0 Å². The Labute approximate surface area is 89.7 Å². The third-order valence-electron chi connectivity index (χ3n) is 1.69. The van der Waals surface area contributed by atoms with E-state index in [0.717, 1.165) is 0 Å². The number of hydrogen-bond donors (Lipinski definition) is 1. The minimum absolute atomic E-state index is 0.0153. The van der Waals surface area contributed by atoms with Crippen LogP contribution in [0.1, 0.15) is 17.7 Å². The van der Waals surface area contributed by atoms with E-state index in [0.29, 0.717) is 0 Å². The Morgan fingerprint density at radius 3 is 2.29 bits per heavy atom. The first-order valence-electron chi connectivity index (χ1n) is 3.88. The molecule has 0 fully saturated rings. The molecule has 0 atom stereocenters. The van der Waals surface area contributed by atoms with Gasteiger partial charge in [-0.25, -0.2) is 8.78 Å². The average Bonchev–Trinajstić information content (AvgIpc) is 2.14. The van der Waals surface area contributed by atoms with E-state index in [1.54, 1.807) is 0 Å². The SMILES string of the molecule is O=[N+]([O-])c1nc(C(F)(F)F)c(C(F)F)cc1O. The highest BCUT2D eigenvalue weighted by atomic mass is 19.4. The van der Waals surface area contributed by atoms with E-state index in [-0.39, 0.29) is 6.07 Å². The molecule has 0 unspecified atom stereocenters. The highest BCUT2D eigenvalue weighted by Crippen LogP contribution is 2.39. The van der Waals surface area contributed by atoms with E-state index in [2.05, 4.69) is 4.98 Å². The number of alkyl halides is 5. The third kappa shape index (κ3) is 2.57. The van der Waals surface area contributed by atoms with Gasteiger partial charge >= 0.3 is 12.0 Å². The molecule has 1 rings (SSSR count). The molecule has 0 aliphatic rings.